The van der Waals surface area contributed by atoms with Gasteiger partial charge < -0.3 is 15.3 Å². The average Bonchev–Trinajstić information content (AvgIpc) is 3.33. The molecule has 0 bridgehead atoms. The topological polar surface area (TPSA) is 52.6 Å². The lowest BCUT2D eigenvalue weighted by Crippen LogP contribution is -2.45. The highest BCUT2D eigenvalue weighted by Gasteiger charge is 2.39. The summed E-state index contributed by atoms with van der Waals surface area (Å²) >= 11 is 0. The molecule has 2 aliphatic rings. The van der Waals surface area contributed by atoms with E-state index in [2.05, 4.69) is 17.1 Å². The lowest BCUT2D eigenvalue weighted by molar-refractivity contribution is -0.137. The Bertz CT molecular complexity index is 637. The molecular weight excluding hydrogens is 345 g/mol. The Balaban J connectivity index is 1.46. The van der Waals surface area contributed by atoms with Gasteiger partial charge in [0.15, 0.2) is 0 Å². The highest BCUT2D eigenvalue weighted by atomic mass is 19.4. The molecule has 2 N–H and O–H groups in total. The Labute approximate surface area is 151 Å². The third-order valence-electron chi connectivity index (χ3n) is 5.61. The summed E-state index contributed by atoms with van der Waals surface area (Å²) in [5, 5.41) is 13.7. The molecule has 1 amide bonds. The highest BCUT2D eigenvalue weighted by molar-refractivity contribution is 5.81. The monoisotopic (exact) mass is 370 g/mol. The molecule has 3 rings (SSSR count). The van der Waals surface area contributed by atoms with Crippen molar-refractivity contribution in [3.8, 4) is 0 Å². The number of halogens is 3. The number of carbonyl (C=O) groups is 1. The molecule has 1 heterocycles. The summed E-state index contributed by atoms with van der Waals surface area (Å²) in [5.41, 5.74) is -1.27. The van der Waals surface area contributed by atoms with Crippen molar-refractivity contribution in [2.24, 2.45) is 11.8 Å². The molecule has 144 valence electrons. The van der Waals surface area contributed by atoms with Crippen LogP contribution in [0, 0.1) is 11.8 Å². The van der Waals surface area contributed by atoms with E-state index >= 15 is 0 Å². The van der Waals surface area contributed by atoms with E-state index in [9.17, 15) is 23.1 Å². The summed E-state index contributed by atoms with van der Waals surface area (Å²) in [6.45, 7) is 4.66. The van der Waals surface area contributed by atoms with Gasteiger partial charge in [-0.05, 0) is 42.9 Å². The summed E-state index contributed by atoms with van der Waals surface area (Å²) in [4.78, 5) is 14.0. The number of alkyl halides is 3. The first kappa shape index (κ1) is 19.2. The minimum Gasteiger partial charge on any atom is -0.385 e. The van der Waals surface area contributed by atoms with Crippen LogP contribution < -0.4 is 5.32 Å². The maximum absolute atomic E-state index is 12.7. The van der Waals surface area contributed by atoms with Gasteiger partial charge in [0.25, 0.3) is 0 Å². The van der Waals surface area contributed by atoms with Crippen molar-refractivity contribution in [3.05, 3.63) is 35.4 Å². The van der Waals surface area contributed by atoms with E-state index in [1.165, 1.54) is 12.1 Å². The number of rotatable bonds is 5. The molecule has 2 fully saturated rings. The fourth-order valence-corrected chi connectivity index (χ4v) is 3.56. The van der Waals surface area contributed by atoms with Gasteiger partial charge in [0.1, 0.15) is 0 Å². The van der Waals surface area contributed by atoms with E-state index in [0.29, 0.717) is 44.0 Å². The van der Waals surface area contributed by atoms with Crippen molar-refractivity contribution in [1.29, 1.82) is 0 Å². The van der Waals surface area contributed by atoms with Crippen molar-refractivity contribution in [2.75, 3.05) is 26.2 Å². The zero-order valence-corrected chi connectivity index (χ0v) is 14.9. The Hall–Kier alpha value is -1.60. The first-order valence-electron chi connectivity index (χ1n) is 9.09. The number of amides is 1. The molecule has 7 heteroatoms. The minimum atomic E-state index is -4.37. The Morgan fingerprint density at radius 3 is 2.35 bits per heavy atom. The largest absolute Gasteiger partial charge is 0.416 e. The quantitative estimate of drug-likeness (QED) is 0.838. The van der Waals surface area contributed by atoms with Crippen LogP contribution in [-0.2, 0) is 16.6 Å². The molecular formula is C19H25F3N2O2. The van der Waals surface area contributed by atoms with Gasteiger partial charge in [-0.1, -0.05) is 19.1 Å². The highest BCUT2D eigenvalue weighted by Crippen LogP contribution is 2.38. The van der Waals surface area contributed by atoms with Crippen LogP contribution in [0.5, 0.6) is 0 Å². The normalized spacial score (nSPS) is 25.7. The van der Waals surface area contributed by atoms with Crippen LogP contribution in [0.2, 0.25) is 0 Å². The van der Waals surface area contributed by atoms with Crippen LogP contribution in [0.15, 0.2) is 24.3 Å². The van der Waals surface area contributed by atoms with E-state index in [4.69, 9.17) is 0 Å². The van der Waals surface area contributed by atoms with Crippen molar-refractivity contribution < 1.29 is 23.1 Å². The number of hydrogen-bond donors (Lipinski definition) is 2. The van der Waals surface area contributed by atoms with Gasteiger partial charge in [0, 0.05) is 32.1 Å². The summed E-state index contributed by atoms with van der Waals surface area (Å²) in [7, 11) is 0. The number of carbonyl (C=O) groups excluding carboxylic acids is 1. The second kappa shape index (κ2) is 7.19. The third-order valence-corrected chi connectivity index (χ3v) is 5.61. The lowest BCUT2D eigenvalue weighted by Gasteiger charge is -2.38. The van der Waals surface area contributed by atoms with E-state index < -0.39 is 17.3 Å². The molecule has 26 heavy (non-hydrogen) atoms. The van der Waals surface area contributed by atoms with Gasteiger partial charge >= 0.3 is 6.18 Å². The van der Waals surface area contributed by atoms with E-state index in [1.807, 2.05) is 0 Å². The molecule has 2 atom stereocenters. The Morgan fingerprint density at radius 2 is 1.85 bits per heavy atom. The summed E-state index contributed by atoms with van der Waals surface area (Å²) < 4.78 is 38.0. The van der Waals surface area contributed by atoms with Crippen molar-refractivity contribution in [1.82, 2.24) is 10.2 Å². The molecule has 1 aromatic rings. The first-order valence-corrected chi connectivity index (χ1v) is 9.09. The predicted octanol–water partition coefficient (Wildman–Crippen LogP) is 2.76. The maximum Gasteiger partial charge on any atom is 0.416 e. The van der Waals surface area contributed by atoms with Gasteiger partial charge in [-0.15, -0.1) is 0 Å². The summed E-state index contributed by atoms with van der Waals surface area (Å²) in [5.74, 6) is 0.778. The fourth-order valence-electron chi connectivity index (χ4n) is 3.56. The summed E-state index contributed by atoms with van der Waals surface area (Å²) in [6, 6.07) is 4.78. The van der Waals surface area contributed by atoms with Crippen LogP contribution >= 0.6 is 0 Å². The molecule has 1 aromatic carbocycles. The SMILES string of the molecule is CC1CC1C(=O)NCCN1CCC(O)(c2ccc(C(F)(F)F)cc2)CC1. The number of benzene rings is 1. The van der Waals surface area contributed by atoms with Gasteiger partial charge in [0.2, 0.25) is 5.91 Å². The molecule has 0 spiro atoms. The van der Waals surface area contributed by atoms with E-state index in [0.717, 1.165) is 25.1 Å². The Morgan fingerprint density at radius 1 is 1.27 bits per heavy atom. The molecule has 0 aromatic heterocycles. The van der Waals surface area contributed by atoms with Crippen LogP contribution in [0.4, 0.5) is 13.2 Å². The van der Waals surface area contributed by atoms with E-state index in [-0.39, 0.29) is 11.8 Å². The molecule has 1 aliphatic heterocycles. The van der Waals surface area contributed by atoms with Crippen molar-refractivity contribution >= 4 is 5.91 Å². The van der Waals surface area contributed by atoms with Crippen LogP contribution in [0.1, 0.15) is 37.3 Å². The van der Waals surface area contributed by atoms with Gasteiger partial charge in [-0.3, -0.25) is 4.79 Å². The molecule has 2 unspecified atom stereocenters. The lowest BCUT2D eigenvalue weighted by atomic mass is 9.84. The number of likely N-dealkylation sites (tertiary alicyclic amines) is 1. The second-order valence-electron chi connectivity index (χ2n) is 7.56. The molecule has 0 radical (unpaired) electrons. The van der Waals surface area contributed by atoms with Crippen LogP contribution in [0.3, 0.4) is 0 Å². The molecule has 1 saturated heterocycles. The zero-order chi connectivity index (χ0) is 18.9. The van der Waals surface area contributed by atoms with Crippen molar-refractivity contribution in [3.63, 3.8) is 0 Å². The standard InChI is InChI=1S/C19H25F3N2O2/c1-13-12-16(13)17(25)23-8-11-24-9-6-18(26,7-10-24)14-2-4-15(5-3-14)19(20,21)22/h2-5,13,16,26H,6-12H2,1H3,(H,23,25). The van der Waals surface area contributed by atoms with Gasteiger partial charge in [-0.25, -0.2) is 0 Å². The maximum atomic E-state index is 12.7. The first-order chi connectivity index (χ1) is 12.2. The number of nitrogens with zero attached hydrogens (tertiary/aromatic N) is 1. The fraction of sp³-hybridized carbons (Fsp3) is 0.632. The number of hydrogen-bond acceptors (Lipinski definition) is 3. The Kier molecular flexibility index (Phi) is 5.30. The molecule has 1 saturated carbocycles. The number of nitrogens with one attached hydrogen (secondary N) is 1. The average molecular weight is 370 g/mol. The molecule has 1 aliphatic carbocycles. The van der Waals surface area contributed by atoms with Gasteiger partial charge in [0.05, 0.1) is 11.2 Å². The smallest absolute Gasteiger partial charge is 0.385 e. The second-order valence-corrected chi connectivity index (χ2v) is 7.56. The predicted molar refractivity (Wildman–Crippen MR) is 91.3 cm³/mol. The zero-order valence-electron chi connectivity index (χ0n) is 14.9. The number of aliphatic hydroxyl groups is 1. The molecule has 4 nitrogen and oxygen atoms in total. The summed E-state index contributed by atoms with van der Waals surface area (Å²) in [6.07, 6.45) is -2.47. The van der Waals surface area contributed by atoms with Gasteiger partial charge in [-0.2, -0.15) is 13.2 Å². The number of piperidine rings is 1. The van der Waals surface area contributed by atoms with Crippen LogP contribution in [-0.4, -0.2) is 42.1 Å². The van der Waals surface area contributed by atoms with Crippen LogP contribution in [0.25, 0.3) is 0 Å². The minimum absolute atomic E-state index is 0.121. The van der Waals surface area contributed by atoms with Crippen molar-refractivity contribution in [2.45, 2.75) is 38.0 Å². The third kappa shape index (κ3) is 4.38. The van der Waals surface area contributed by atoms with E-state index in [1.54, 1.807) is 0 Å².